The maximum absolute atomic E-state index is 11.3. The molecule has 0 N–H and O–H groups in total. The van der Waals surface area contributed by atoms with E-state index in [4.69, 9.17) is 4.42 Å². The van der Waals surface area contributed by atoms with Crippen LogP contribution in [0.25, 0.3) is 0 Å². The summed E-state index contributed by atoms with van der Waals surface area (Å²) in [6.07, 6.45) is 1.57. The van der Waals surface area contributed by atoms with Gasteiger partial charge >= 0.3 is 0 Å². The third-order valence-corrected chi connectivity index (χ3v) is 3.08. The molecule has 0 aliphatic rings. The standard InChI is InChI=1S/C10H12O3S/c1-6(11)10(12)8(3)14-9-4-5-13-7(9)2/h4-5,8H,1-3H3. The summed E-state index contributed by atoms with van der Waals surface area (Å²) in [7, 11) is 0. The predicted molar refractivity (Wildman–Crippen MR) is 54.5 cm³/mol. The molecule has 1 aromatic heterocycles. The summed E-state index contributed by atoms with van der Waals surface area (Å²) in [5.74, 6) is 0.0277. The van der Waals surface area contributed by atoms with E-state index in [-0.39, 0.29) is 11.0 Å². The fraction of sp³-hybridized carbons (Fsp3) is 0.400. The first-order chi connectivity index (χ1) is 6.52. The number of carbonyl (C=O) groups is 2. The number of aryl methyl sites for hydroxylation is 1. The molecule has 14 heavy (non-hydrogen) atoms. The smallest absolute Gasteiger partial charge is 0.211 e. The minimum Gasteiger partial charge on any atom is -0.468 e. The van der Waals surface area contributed by atoms with Gasteiger partial charge in [-0.05, 0) is 19.9 Å². The molecule has 0 amide bonds. The zero-order valence-corrected chi connectivity index (χ0v) is 9.18. The second-order valence-corrected chi connectivity index (χ2v) is 4.40. The van der Waals surface area contributed by atoms with Crippen molar-refractivity contribution in [3.8, 4) is 0 Å². The Kier molecular flexibility index (Phi) is 3.52. The van der Waals surface area contributed by atoms with Gasteiger partial charge in [0.25, 0.3) is 0 Å². The lowest BCUT2D eigenvalue weighted by molar-refractivity contribution is -0.134. The Morgan fingerprint density at radius 1 is 1.50 bits per heavy atom. The van der Waals surface area contributed by atoms with E-state index in [2.05, 4.69) is 0 Å². The molecule has 4 heteroatoms. The van der Waals surface area contributed by atoms with Gasteiger partial charge in [-0.25, -0.2) is 0 Å². The van der Waals surface area contributed by atoms with Crippen LogP contribution in [0, 0.1) is 6.92 Å². The number of carbonyl (C=O) groups excluding carboxylic acids is 2. The van der Waals surface area contributed by atoms with Crippen LogP contribution in [0.4, 0.5) is 0 Å². The summed E-state index contributed by atoms with van der Waals surface area (Å²) in [4.78, 5) is 23.0. The van der Waals surface area contributed by atoms with E-state index in [1.54, 1.807) is 19.3 Å². The maximum Gasteiger partial charge on any atom is 0.211 e. The first-order valence-corrected chi connectivity index (χ1v) is 5.16. The van der Waals surface area contributed by atoms with Gasteiger partial charge in [-0.3, -0.25) is 9.59 Å². The molecule has 1 heterocycles. The normalized spacial score (nSPS) is 12.5. The van der Waals surface area contributed by atoms with Crippen LogP contribution in [-0.4, -0.2) is 16.8 Å². The highest BCUT2D eigenvalue weighted by Crippen LogP contribution is 2.27. The van der Waals surface area contributed by atoms with Crippen LogP contribution in [0.1, 0.15) is 19.6 Å². The van der Waals surface area contributed by atoms with Gasteiger partial charge in [-0.15, -0.1) is 11.8 Å². The first-order valence-electron chi connectivity index (χ1n) is 4.28. The van der Waals surface area contributed by atoms with Gasteiger partial charge < -0.3 is 4.42 Å². The Morgan fingerprint density at radius 2 is 2.14 bits per heavy atom. The van der Waals surface area contributed by atoms with Crippen molar-refractivity contribution in [1.82, 2.24) is 0 Å². The molecular formula is C10H12O3S. The van der Waals surface area contributed by atoms with Crippen LogP contribution in [0.3, 0.4) is 0 Å². The summed E-state index contributed by atoms with van der Waals surface area (Å²) in [5.41, 5.74) is 0. The summed E-state index contributed by atoms with van der Waals surface area (Å²) >= 11 is 1.35. The topological polar surface area (TPSA) is 47.3 Å². The molecule has 0 fully saturated rings. The van der Waals surface area contributed by atoms with Crippen LogP contribution in [0.2, 0.25) is 0 Å². The molecule has 76 valence electrons. The summed E-state index contributed by atoms with van der Waals surface area (Å²) in [6, 6.07) is 1.80. The molecule has 0 spiro atoms. The van der Waals surface area contributed by atoms with Crippen molar-refractivity contribution in [2.24, 2.45) is 0 Å². The minimum absolute atomic E-state index is 0.344. The van der Waals surface area contributed by atoms with Gasteiger partial charge in [0, 0.05) is 11.8 Å². The molecule has 0 aliphatic carbocycles. The van der Waals surface area contributed by atoms with Gasteiger partial charge in [-0.1, -0.05) is 0 Å². The van der Waals surface area contributed by atoms with Crippen molar-refractivity contribution in [2.75, 3.05) is 0 Å². The largest absolute Gasteiger partial charge is 0.468 e. The van der Waals surface area contributed by atoms with Crippen molar-refractivity contribution in [3.63, 3.8) is 0 Å². The first kappa shape index (κ1) is 11.0. The van der Waals surface area contributed by atoms with Gasteiger partial charge in [0.1, 0.15) is 5.76 Å². The number of thioether (sulfide) groups is 1. The van der Waals surface area contributed by atoms with Crippen molar-refractivity contribution in [1.29, 1.82) is 0 Å². The number of ketones is 2. The highest BCUT2D eigenvalue weighted by molar-refractivity contribution is 8.00. The van der Waals surface area contributed by atoms with E-state index in [1.807, 2.05) is 6.92 Å². The Balaban J connectivity index is 2.66. The second-order valence-electron chi connectivity index (χ2n) is 3.02. The number of Topliss-reactive ketones (excluding diaryl/α,β-unsaturated/α-hetero) is 2. The molecule has 1 atom stereocenters. The van der Waals surface area contributed by atoms with Crippen LogP contribution >= 0.6 is 11.8 Å². The SMILES string of the molecule is CC(=O)C(=O)C(C)Sc1ccoc1C. The highest BCUT2D eigenvalue weighted by atomic mass is 32.2. The average Bonchev–Trinajstić information content (AvgIpc) is 2.50. The van der Waals surface area contributed by atoms with Gasteiger partial charge in [0.05, 0.1) is 11.5 Å². The lowest BCUT2D eigenvalue weighted by Crippen LogP contribution is -2.20. The molecule has 0 aliphatic heterocycles. The lowest BCUT2D eigenvalue weighted by atomic mass is 10.2. The number of hydrogen-bond acceptors (Lipinski definition) is 4. The second kappa shape index (κ2) is 4.46. The molecule has 0 radical (unpaired) electrons. The molecule has 1 aromatic rings. The Bertz CT molecular complexity index is 354. The molecular weight excluding hydrogens is 200 g/mol. The van der Waals surface area contributed by atoms with Crippen LogP contribution in [-0.2, 0) is 9.59 Å². The monoisotopic (exact) mass is 212 g/mol. The van der Waals surface area contributed by atoms with Crippen molar-refractivity contribution >= 4 is 23.3 Å². The Hall–Kier alpha value is -1.03. The average molecular weight is 212 g/mol. The molecule has 3 nitrogen and oxygen atoms in total. The quantitative estimate of drug-likeness (QED) is 0.567. The van der Waals surface area contributed by atoms with Crippen molar-refractivity contribution in [2.45, 2.75) is 30.9 Å². The van der Waals surface area contributed by atoms with Crippen LogP contribution in [0.5, 0.6) is 0 Å². The van der Waals surface area contributed by atoms with Crippen molar-refractivity contribution < 1.29 is 14.0 Å². The maximum atomic E-state index is 11.3. The molecule has 0 saturated carbocycles. The van der Waals surface area contributed by atoms with Gasteiger partial charge in [-0.2, -0.15) is 0 Å². The van der Waals surface area contributed by atoms with E-state index >= 15 is 0 Å². The highest BCUT2D eigenvalue weighted by Gasteiger charge is 2.19. The number of furan rings is 1. The predicted octanol–water partition coefficient (Wildman–Crippen LogP) is 2.23. The van der Waals surface area contributed by atoms with E-state index in [0.29, 0.717) is 0 Å². The number of rotatable bonds is 4. The molecule has 0 saturated heterocycles. The van der Waals surface area contributed by atoms with Crippen molar-refractivity contribution in [3.05, 3.63) is 18.1 Å². The van der Waals surface area contributed by atoms with Crippen LogP contribution < -0.4 is 0 Å². The van der Waals surface area contributed by atoms with E-state index in [9.17, 15) is 9.59 Å². The molecule has 0 aromatic carbocycles. The van der Waals surface area contributed by atoms with Gasteiger partial charge in [0.2, 0.25) is 5.78 Å². The molecule has 1 unspecified atom stereocenters. The summed E-state index contributed by atoms with van der Waals surface area (Å²) in [5, 5.41) is -0.344. The van der Waals surface area contributed by atoms with Gasteiger partial charge in [0.15, 0.2) is 5.78 Å². The third-order valence-electron chi connectivity index (χ3n) is 1.83. The van der Waals surface area contributed by atoms with E-state index in [0.717, 1.165) is 10.7 Å². The lowest BCUT2D eigenvalue weighted by Gasteiger charge is -2.06. The minimum atomic E-state index is -0.397. The summed E-state index contributed by atoms with van der Waals surface area (Å²) < 4.78 is 5.09. The molecule has 0 bridgehead atoms. The Morgan fingerprint density at radius 3 is 2.57 bits per heavy atom. The van der Waals surface area contributed by atoms with E-state index in [1.165, 1.54) is 18.7 Å². The third kappa shape index (κ3) is 2.48. The summed E-state index contributed by atoms with van der Waals surface area (Å²) in [6.45, 7) is 4.84. The van der Waals surface area contributed by atoms with E-state index < -0.39 is 5.78 Å². The Labute approximate surface area is 86.9 Å². The fourth-order valence-corrected chi connectivity index (χ4v) is 2.03. The molecule has 1 rings (SSSR count). The van der Waals surface area contributed by atoms with Crippen LogP contribution in [0.15, 0.2) is 21.6 Å². The fourth-order valence-electron chi connectivity index (χ4n) is 1.03. The zero-order chi connectivity index (χ0) is 10.7. The number of hydrogen-bond donors (Lipinski definition) is 0. The zero-order valence-electron chi connectivity index (χ0n) is 8.37.